The predicted octanol–water partition coefficient (Wildman–Crippen LogP) is 1.00. The minimum atomic E-state index is -0.0697. The zero-order valence-electron chi connectivity index (χ0n) is 9.17. The Balaban J connectivity index is 2.31. The molecule has 5 nitrogen and oxygen atoms in total. The van der Waals surface area contributed by atoms with Gasteiger partial charge in [0, 0.05) is 6.61 Å². The number of aliphatic hydroxyl groups excluding tert-OH is 1. The highest BCUT2D eigenvalue weighted by Crippen LogP contribution is 2.16. The first-order valence-electron chi connectivity index (χ1n) is 5.42. The second kappa shape index (κ2) is 7.00. The van der Waals surface area contributed by atoms with Crippen LogP contribution < -0.4 is 0 Å². The van der Waals surface area contributed by atoms with E-state index in [9.17, 15) is 14.7 Å². The van der Waals surface area contributed by atoms with Crippen molar-refractivity contribution in [1.29, 1.82) is 0 Å². The molecule has 2 amide bonds. The van der Waals surface area contributed by atoms with Crippen molar-refractivity contribution in [3.05, 3.63) is 11.8 Å². The molecule has 0 aromatic carbocycles. The summed E-state index contributed by atoms with van der Waals surface area (Å²) in [6.07, 6.45) is 6.38. The Kier molecular flexibility index (Phi) is 5.56. The zero-order chi connectivity index (χ0) is 11.8. The molecule has 1 N–H and O–H groups in total. The molecule has 0 aliphatic carbocycles. The van der Waals surface area contributed by atoms with Crippen LogP contribution in [0, 0.1) is 0 Å². The Morgan fingerprint density at radius 2 is 2.12 bits per heavy atom. The van der Waals surface area contributed by atoms with E-state index in [1.165, 1.54) is 0 Å². The molecule has 1 unspecified atom stereocenters. The summed E-state index contributed by atoms with van der Waals surface area (Å²) >= 11 is 0. The Labute approximate surface area is 94.7 Å². The van der Waals surface area contributed by atoms with Crippen molar-refractivity contribution in [1.82, 2.24) is 4.90 Å². The van der Waals surface area contributed by atoms with Gasteiger partial charge >= 0.3 is 0 Å². The van der Waals surface area contributed by atoms with Gasteiger partial charge in [0.2, 0.25) is 12.8 Å². The first kappa shape index (κ1) is 12.7. The summed E-state index contributed by atoms with van der Waals surface area (Å²) in [7, 11) is 0. The number of carbonyl (C=O) groups is 2. The van der Waals surface area contributed by atoms with Crippen LogP contribution in [0.1, 0.15) is 25.7 Å². The van der Waals surface area contributed by atoms with E-state index < -0.39 is 0 Å². The van der Waals surface area contributed by atoms with Gasteiger partial charge in [0.25, 0.3) is 0 Å². The fraction of sp³-hybridized carbons (Fsp3) is 0.636. The third-order valence-corrected chi connectivity index (χ3v) is 2.51. The highest BCUT2D eigenvalue weighted by Gasteiger charge is 2.12. The minimum Gasteiger partial charge on any atom is -0.511 e. The lowest BCUT2D eigenvalue weighted by molar-refractivity contribution is -0.129. The Bertz CT molecular complexity index is 251. The molecule has 0 aromatic heterocycles. The molecule has 0 saturated carbocycles. The summed E-state index contributed by atoms with van der Waals surface area (Å²) in [6, 6.07) is 0. The second-order valence-corrected chi connectivity index (χ2v) is 3.80. The summed E-state index contributed by atoms with van der Waals surface area (Å²) in [5.41, 5.74) is 0. The topological polar surface area (TPSA) is 66.8 Å². The minimum absolute atomic E-state index is 0.0216. The molecule has 1 rings (SSSR count). The van der Waals surface area contributed by atoms with Crippen molar-refractivity contribution >= 4 is 12.8 Å². The van der Waals surface area contributed by atoms with Crippen molar-refractivity contribution in [2.45, 2.75) is 31.8 Å². The van der Waals surface area contributed by atoms with Gasteiger partial charge in [0.1, 0.15) is 5.76 Å². The van der Waals surface area contributed by atoms with Crippen molar-refractivity contribution < 1.29 is 19.4 Å². The zero-order valence-corrected chi connectivity index (χ0v) is 9.17. The molecular formula is C11H17NO4. The summed E-state index contributed by atoms with van der Waals surface area (Å²) in [4.78, 5) is 21.5. The first-order chi connectivity index (χ1) is 7.76. The quantitative estimate of drug-likeness (QED) is 0.543. The molecule has 16 heavy (non-hydrogen) atoms. The summed E-state index contributed by atoms with van der Waals surface area (Å²) < 4.78 is 5.48. The average Bonchev–Trinajstić information content (AvgIpc) is 2.34. The normalized spacial score (nSPS) is 21.5. The number of aliphatic hydroxyl groups is 1. The third kappa shape index (κ3) is 4.44. The predicted molar refractivity (Wildman–Crippen MR) is 57.8 cm³/mol. The lowest BCUT2D eigenvalue weighted by atomic mass is 10.1. The molecule has 1 aliphatic heterocycles. The highest BCUT2D eigenvalue weighted by molar-refractivity contribution is 5.68. The van der Waals surface area contributed by atoms with Crippen LogP contribution in [-0.4, -0.2) is 42.1 Å². The molecule has 0 bridgehead atoms. The van der Waals surface area contributed by atoms with Gasteiger partial charge in [-0.3, -0.25) is 14.5 Å². The summed E-state index contributed by atoms with van der Waals surface area (Å²) in [6.45, 7) is 0.702. The maximum absolute atomic E-state index is 10.3. The van der Waals surface area contributed by atoms with Gasteiger partial charge in [-0.05, 0) is 31.8 Å². The molecule has 1 atom stereocenters. The van der Waals surface area contributed by atoms with E-state index in [0.717, 1.165) is 30.8 Å². The van der Waals surface area contributed by atoms with Crippen LogP contribution >= 0.6 is 0 Å². The van der Waals surface area contributed by atoms with Gasteiger partial charge in [-0.1, -0.05) is 0 Å². The Hall–Kier alpha value is -1.36. The van der Waals surface area contributed by atoms with Crippen LogP contribution in [0.2, 0.25) is 0 Å². The van der Waals surface area contributed by atoms with E-state index in [1.807, 2.05) is 0 Å². The molecule has 90 valence electrons. The van der Waals surface area contributed by atoms with E-state index in [0.29, 0.717) is 19.2 Å². The molecule has 1 saturated heterocycles. The lowest BCUT2D eigenvalue weighted by Gasteiger charge is -2.21. The molecule has 1 heterocycles. The monoisotopic (exact) mass is 227 g/mol. The Morgan fingerprint density at radius 3 is 2.69 bits per heavy atom. The number of ether oxygens (including phenoxy) is 1. The average molecular weight is 227 g/mol. The SMILES string of the molecule is O=CN(C=O)C/C(O)=C/CC1CCCCO1. The lowest BCUT2D eigenvalue weighted by Crippen LogP contribution is -2.23. The van der Waals surface area contributed by atoms with E-state index in [-0.39, 0.29) is 18.4 Å². The van der Waals surface area contributed by atoms with Gasteiger partial charge in [-0.25, -0.2) is 0 Å². The van der Waals surface area contributed by atoms with E-state index in [1.54, 1.807) is 6.08 Å². The Morgan fingerprint density at radius 1 is 1.38 bits per heavy atom. The number of carbonyl (C=O) groups excluding carboxylic acids is 2. The van der Waals surface area contributed by atoms with E-state index in [2.05, 4.69) is 0 Å². The van der Waals surface area contributed by atoms with Crippen LogP contribution in [0.3, 0.4) is 0 Å². The van der Waals surface area contributed by atoms with Crippen LogP contribution in [0.15, 0.2) is 11.8 Å². The van der Waals surface area contributed by atoms with Crippen LogP contribution in [-0.2, 0) is 14.3 Å². The maximum atomic E-state index is 10.3. The smallest absolute Gasteiger partial charge is 0.216 e. The molecule has 1 fully saturated rings. The second-order valence-electron chi connectivity index (χ2n) is 3.80. The van der Waals surface area contributed by atoms with Gasteiger partial charge < -0.3 is 9.84 Å². The molecule has 0 radical (unpaired) electrons. The van der Waals surface area contributed by atoms with Crippen LogP contribution in [0.25, 0.3) is 0 Å². The van der Waals surface area contributed by atoms with Crippen LogP contribution in [0.4, 0.5) is 0 Å². The fourth-order valence-corrected chi connectivity index (χ4v) is 1.61. The number of rotatable bonds is 6. The molecule has 0 spiro atoms. The summed E-state index contributed by atoms with van der Waals surface area (Å²) in [5.74, 6) is 0.0216. The maximum Gasteiger partial charge on any atom is 0.216 e. The number of hydrogen-bond acceptors (Lipinski definition) is 4. The van der Waals surface area contributed by atoms with Gasteiger partial charge in [0.15, 0.2) is 0 Å². The molecule has 5 heteroatoms. The standard InChI is InChI=1S/C11H17NO4/c13-8-12(9-14)7-10(15)4-5-11-3-1-2-6-16-11/h4,8-9,11,15H,1-3,5-7H2/b10-4-. The highest BCUT2D eigenvalue weighted by atomic mass is 16.5. The number of imide groups is 1. The molecule has 1 aliphatic rings. The number of amides is 2. The van der Waals surface area contributed by atoms with Gasteiger partial charge in [-0.15, -0.1) is 0 Å². The van der Waals surface area contributed by atoms with Gasteiger partial charge in [0.05, 0.1) is 12.6 Å². The molecular weight excluding hydrogens is 210 g/mol. The number of hydrogen-bond donors (Lipinski definition) is 1. The van der Waals surface area contributed by atoms with E-state index in [4.69, 9.17) is 4.74 Å². The van der Waals surface area contributed by atoms with Gasteiger partial charge in [-0.2, -0.15) is 0 Å². The van der Waals surface area contributed by atoms with E-state index >= 15 is 0 Å². The number of nitrogens with zero attached hydrogens (tertiary/aromatic N) is 1. The van der Waals surface area contributed by atoms with Crippen molar-refractivity contribution in [2.24, 2.45) is 0 Å². The van der Waals surface area contributed by atoms with Crippen LogP contribution in [0.5, 0.6) is 0 Å². The largest absolute Gasteiger partial charge is 0.511 e. The van der Waals surface area contributed by atoms with Crippen molar-refractivity contribution in [3.8, 4) is 0 Å². The molecule has 0 aromatic rings. The first-order valence-corrected chi connectivity index (χ1v) is 5.42. The van der Waals surface area contributed by atoms with Crippen molar-refractivity contribution in [2.75, 3.05) is 13.2 Å². The van der Waals surface area contributed by atoms with Crippen molar-refractivity contribution in [3.63, 3.8) is 0 Å². The third-order valence-electron chi connectivity index (χ3n) is 2.51. The fourth-order valence-electron chi connectivity index (χ4n) is 1.61. The summed E-state index contributed by atoms with van der Waals surface area (Å²) in [5, 5.41) is 9.46.